The van der Waals surface area contributed by atoms with Crippen LogP contribution in [0.2, 0.25) is 0 Å². The van der Waals surface area contributed by atoms with Crippen molar-refractivity contribution in [3.05, 3.63) is 89.2 Å². The Morgan fingerprint density at radius 2 is 1.79 bits per heavy atom. The van der Waals surface area contributed by atoms with Crippen molar-refractivity contribution in [2.45, 2.75) is 13.0 Å². The van der Waals surface area contributed by atoms with E-state index >= 15 is 0 Å². The summed E-state index contributed by atoms with van der Waals surface area (Å²) in [5, 5.41) is 2.79. The van der Waals surface area contributed by atoms with Gasteiger partial charge in [0.2, 0.25) is 0 Å². The number of anilines is 1. The molecule has 1 N–H and O–H groups in total. The van der Waals surface area contributed by atoms with Crippen molar-refractivity contribution >= 4 is 17.5 Å². The third kappa shape index (κ3) is 4.11. The van der Waals surface area contributed by atoms with Crippen LogP contribution in [0.15, 0.2) is 66.9 Å². The number of fused-ring (bicyclic) bond motifs is 1. The van der Waals surface area contributed by atoms with Gasteiger partial charge >= 0.3 is 0 Å². The SMILES string of the molecule is COc1ccc(NC(=O)c2cc(C(=O)N3CCc4ccccc4C3)ccn2)cc1. The number of rotatable bonds is 4. The average Bonchev–Trinajstić information content (AvgIpc) is 2.79. The predicted molar refractivity (Wildman–Crippen MR) is 110 cm³/mol. The zero-order chi connectivity index (χ0) is 20.2. The lowest BCUT2D eigenvalue weighted by Gasteiger charge is -2.29. The fourth-order valence-electron chi connectivity index (χ4n) is 3.41. The lowest BCUT2D eigenvalue weighted by atomic mass is 9.99. The smallest absolute Gasteiger partial charge is 0.274 e. The van der Waals surface area contributed by atoms with E-state index in [1.807, 2.05) is 17.0 Å². The summed E-state index contributed by atoms with van der Waals surface area (Å²) in [6.07, 6.45) is 2.33. The first-order valence-electron chi connectivity index (χ1n) is 9.41. The summed E-state index contributed by atoms with van der Waals surface area (Å²) in [7, 11) is 1.58. The van der Waals surface area contributed by atoms with Crippen molar-refractivity contribution < 1.29 is 14.3 Å². The predicted octanol–water partition coefficient (Wildman–Crippen LogP) is 3.54. The molecule has 1 aliphatic rings. The van der Waals surface area contributed by atoms with Gasteiger partial charge in [-0.05, 0) is 53.9 Å². The zero-order valence-electron chi connectivity index (χ0n) is 16.1. The van der Waals surface area contributed by atoms with Crippen LogP contribution in [0.4, 0.5) is 5.69 Å². The number of nitrogens with one attached hydrogen (secondary N) is 1. The summed E-state index contributed by atoms with van der Waals surface area (Å²) in [6, 6.07) is 18.4. The maximum Gasteiger partial charge on any atom is 0.274 e. The number of carbonyl (C=O) groups is 2. The van der Waals surface area contributed by atoms with Gasteiger partial charge in [-0.25, -0.2) is 0 Å². The van der Waals surface area contributed by atoms with Crippen LogP contribution in [0.5, 0.6) is 5.75 Å². The Labute approximate surface area is 169 Å². The van der Waals surface area contributed by atoms with Crippen molar-refractivity contribution in [3.8, 4) is 5.75 Å². The van der Waals surface area contributed by atoms with E-state index in [1.165, 1.54) is 17.3 Å². The number of methoxy groups -OCH3 is 1. The molecule has 0 fully saturated rings. The molecular formula is C23H21N3O3. The van der Waals surface area contributed by atoms with E-state index in [0.29, 0.717) is 30.1 Å². The van der Waals surface area contributed by atoms with Gasteiger partial charge in [-0.2, -0.15) is 0 Å². The minimum Gasteiger partial charge on any atom is -0.497 e. The molecule has 3 aromatic rings. The number of hydrogen-bond acceptors (Lipinski definition) is 4. The summed E-state index contributed by atoms with van der Waals surface area (Å²) in [4.78, 5) is 31.5. The fraction of sp³-hybridized carbons (Fsp3) is 0.174. The normalized spacial score (nSPS) is 12.8. The van der Waals surface area contributed by atoms with Gasteiger partial charge in [-0.3, -0.25) is 14.6 Å². The number of benzene rings is 2. The number of carbonyl (C=O) groups excluding carboxylic acids is 2. The van der Waals surface area contributed by atoms with Crippen LogP contribution < -0.4 is 10.1 Å². The molecule has 0 unspecified atom stereocenters. The van der Waals surface area contributed by atoms with E-state index in [2.05, 4.69) is 22.4 Å². The summed E-state index contributed by atoms with van der Waals surface area (Å²) in [5.74, 6) is 0.242. The second kappa shape index (κ2) is 8.14. The molecule has 4 rings (SSSR count). The lowest BCUT2D eigenvalue weighted by molar-refractivity contribution is 0.0734. The standard InChI is InChI=1S/C23H21N3O3/c1-29-20-8-6-19(7-9-20)25-22(27)21-14-17(10-12-24-21)23(28)26-13-11-16-4-2-3-5-18(16)15-26/h2-10,12,14H,11,13,15H2,1H3,(H,25,27). The minimum absolute atomic E-state index is 0.0969. The molecular weight excluding hydrogens is 366 g/mol. The molecule has 29 heavy (non-hydrogen) atoms. The Hall–Kier alpha value is -3.67. The molecule has 0 saturated carbocycles. The van der Waals surface area contributed by atoms with E-state index < -0.39 is 0 Å². The molecule has 2 heterocycles. The zero-order valence-corrected chi connectivity index (χ0v) is 16.1. The monoisotopic (exact) mass is 387 g/mol. The number of amides is 2. The first-order valence-corrected chi connectivity index (χ1v) is 9.41. The van der Waals surface area contributed by atoms with Crippen LogP contribution in [0.3, 0.4) is 0 Å². The van der Waals surface area contributed by atoms with Crippen LogP contribution in [0, 0.1) is 0 Å². The van der Waals surface area contributed by atoms with Crippen LogP contribution in [0.1, 0.15) is 32.0 Å². The van der Waals surface area contributed by atoms with Crippen LogP contribution in [-0.4, -0.2) is 35.4 Å². The van der Waals surface area contributed by atoms with E-state index in [1.54, 1.807) is 43.5 Å². The Morgan fingerprint density at radius 1 is 1.03 bits per heavy atom. The summed E-state index contributed by atoms with van der Waals surface area (Å²) in [6.45, 7) is 1.23. The summed E-state index contributed by atoms with van der Waals surface area (Å²) < 4.78 is 5.11. The van der Waals surface area contributed by atoms with Gasteiger partial charge in [0, 0.05) is 30.5 Å². The van der Waals surface area contributed by atoms with Crippen molar-refractivity contribution in [3.63, 3.8) is 0 Å². The van der Waals surface area contributed by atoms with Gasteiger partial charge in [-0.1, -0.05) is 24.3 Å². The average molecular weight is 387 g/mol. The van der Waals surface area contributed by atoms with Crippen LogP contribution in [0.25, 0.3) is 0 Å². The van der Waals surface area contributed by atoms with Crippen molar-refractivity contribution in [1.82, 2.24) is 9.88 Å². The molecule has 0 saturated heterocycles. The molecule has 0 bridgehead atoms. The van der Waals surface area contributed by atoms with E-state index in [0.717, 1.165) is 6.42 Å². The van der Waals surface area contributed by atoms with Gasteiger partial charge in [0.25, 0.3) is 11.8 Å². The Balaban J connectivity index is 1.48. The Bertz CT molecular complexity index is 1050. The number of pyridine rings is 1. The van der Waals surface area contributed by atoms with E-state index in [-0.39, 0.29) is 17.5 Å². The topological polar surface area (TPSA) is 71.5 Å². The summed E-state index contributed by atoms with van der Waals surface area (Å²) in [5.41, 5.74) is 3.73. The van der Waals surface area contributed by atoms with E-state index in [4.69, 9.17) is 4.74 Å². The second-order valence-corrected chi connectivity index (χ2v) is 6.86. The molecule has 6 heteroatoms. The number of hydrogen-bond donors (Lipinski definition) is 1. The lowest BCUT2D eigenvalue weighted by Crippen LogP contribution is -2.36. The van der Waals surface area contributed by atoms with Crippen molar-refractivity contribution in [2.75, 3.05) is 19.0 Å². The molecule has 146 valence electrons. The number of ether oxygens (including phenoxy) is 1. The highest BCUT2D eigenvalue weighted by Gasteiger charge is 2.22. The quantitative estimate of drug-likeness (QED) is 0.743. The van der Waals surface area contributed by atoms with Gasteiger partial charge in [-0.15, -0.1) is 0 Å². The Kier molecular flexibility index (Phi) is 5.24. The molecule has 0 spiro atoms. The third-order valence-electron chi connectivity index (χ3n) is 5.01. The Morgan fingerprint density at radius 3 is 2.55 bits per heavy atom. The maximum absolute atomic E-state index is 13.0. The summed E-state index contributed by atoms with van der Waals surface area (Å²) >= 11 is 0. The molecule has 2 aromatic carbocycles. The van der Waals surface area contributed by atoms with Gasteiger partial charge in [0.15, 0.2) is 0 Å². The largest absolute Gasteiger partial charge is 0.497 e. The highest BCUT2D eigenvalue weighted by Crippen LogP contribution is 2.21. The molecule has 1 aliphatic heterocycles. The van der Waals surface area contributed by atoms with Crippen molar-refractivity contribution in [1.29, 1.82) is 0 Å². The minimum atomic E-state index is -0.367. The maximum atomic E-state index is 13.0. The van der Waals surface area contributed by atoms with Gasteiger partial charge in [0.05, 0.1) is 7.11 Å². The molecule has 0 aliphatic carbocycles. The van der Waals surface area contributed by atoms with Gasteiger partial charge in [0.1, 0.15) is 11.4 Å². The highest BCUT2D eigenvalue weighted by molar-refractivity contribution is 6.04. The van der Waals surface area contributed by atoms with Crippen LogP contribution >= 0.6 is 0 Å². The molecule has 0 radical (unpaired) electrons. The second-order valence-electron chi connectivity index (χ2n) is 6.86. The molecule has 2 amide bonds. The fourth-order valence-corrected chi connectivity index (χ4v) is 3.41. The first kappa shape index (κ1) is 18.7. The van der Waals surface area contributed by atoms with E-state index in [9.17, 15) is 9.59 Å². The third-order valence-corrected chi connectivity index (χ3v) is 5.01. The molecule has 1 aromatic heterocycles. The number of aromatic nitrogens is 1. The van der Waals surface area contributed by atoms with Crippen LogP contribution in [-0.2, 0) is 13.0 Å². The molecule has 0 atom stereocenters. The number of nitrogens with zero attached hydrogens (tertiary/aromatic N) is 2. The first-order chi connectivity index (χ1) is 14.1. The van der Waals surface area contributed by atoms with Gasteiger partial charge < -0.3 is 15.0 Å². The molecule has 6 nitrogen and oxygen atoms in total. The highest BCUT2D eigenvalue weighted by atomic mass is 16.5. The van der Waals surface area contributed by atoms with Crippen molar-refractivity contribution in [2.24, 2.45) is 0 Å².